The first-order chi connectivity index (χ1) is 13.2. The molecule has 0 aliphatic carbocycles. The van der Waals surface area contributed by atoms with Crippen LogP contribution in [0, 0.1) is 5.82 Å². The summed E-state index contributed by atoms with van der Waals surface area (Å²) in [5.74, 6) is -1.26. The summed E-state index contributed by atoms with van der Waals surface area (Å²) in [6.45, 7) is 1.43. The van der Waals surface area contributed by atoms with Crippen molar-refractivity contribution in [3.05, 3.63) is 77.2 Å². The predicted octanol–water partition coefficient (Wildman–Crippen LogP) is 2.53. The van der Waals surface area contributed by atoms with Gasteiger partial charge in [-0.05, 0) is 61.5 Å². The van der Waals surface area contributed by atoms with Gasteiger partial charge >= 0.3 is 10.2 Å². The molecule has 0 radical (unpaired) electrons. The van der Waals surface area contributed by atoms with E-state index in [1.54, 1.807) is 24.3 Å². The summed E-state index contributed by atoms with van der Waals surface area (Å²) in [4.78, 5) is 24.0. The number of allylic oxidation sites excluding steroid dienone is 1. The van der Waals surface area contributed by atoms with E-state index in [4.69, 9.17) is 0 Å². The summed E-state index contributed by atoms with van der Waals surface area (Å²) in [5, 5.41) is 2.59. The van der Waals surface area contributed by atoms with Crippen molar-refractivity contribution in [3.8, 4) is 0 Å². The fourth-order valence-electron chi connectivity index (χ4n) is 2.51. The van der Waals surface area contributed by atoms with Crippen LogP contribution in [0.4, 0.5) is 10.1 Å². The van der Waals surface area contributed by atoms with Crippen LogP contribution in [0.25, 0.3) is 0 Å². The summed E-state index contributed by atoms with van der Waals surface area (Å²) in [6.07, 6.45) is 1.31. The lowest BCUT2D eigenvalue weighted by atomic mass is 10.1. The second-order valence-corrected chi connectivity index (χ2v) is 7.67. The van der Waals surface area contributed by atoms with E-state index in [-0.39, 0.29) is 17.2 Å². The van der Waals surface area contributed by atoms with E-state index in [2.05, 4.69) is 9.71 Å². The third kappa shape index (κ3) is 3.99. The fourth-order valence-corrected chi connectivity index (χ4v) is 3.42. The second-order valence-electron chi connectivity index (χ2n) is 6.05. The number of rotatable bonds is 4. The van der Waals surface area contributed by atoms with Crippen LogP contribution in [-0.2, 0) is 15.0 Å². The van der Waals surface area contributed by atoms with Crippen molar-refractivity contribution in [3.63, 3.8) is 0 Å². The van der Waals surface area contributed by atoms with Gasteiger partial charge in [0, 0.05) is 23.9 Å². The number of carbonyl (C=O) groups is 2. The molecule has 2 aromatic carbocycles. The molecule has 1 heterocycles. The molecule has 0 saturated carbocycles. The van der Waals surface area contributed by atoms with E-state index >= 15 is 0 Å². The number of Topliss-reactive ketones (excluding diaryl/α,β-unsaturated/α-hetero) is 1. The maximum Gasteiger partial charge on any atom is 0.345 e. The highest BCUT2D eigenvalue weighted by Gasteiger charge is 2.30. The number of halogens is 1. The molecular weight excluding hydrogens is 385 g/mol. The number of nitrogens with one attached hydrogen (secondary N) is 1. The summed E-state index contributed by atoms with van der Waals surface area (Å²) in [6, 6.07) is 11.3. The Bertz CT molecular complexity index is 1100. The molecule has 28 heavy (non-hydrogen) atoms. The molecule has 1 aliphatic rings. The van der Waals surface area contributed by atoms with Crippen molar-refractivity contribution < 1.29 is 22.4 Å². The Labute approximate surface area is 161 Å². The van der Waals surface area contributed by atoms with Gasteiger partial charge in [-0.25, -0.2) is 8.70 Å². The largest absolute Gasteiger partial charge is 0.345 e. The molecule has 0 fully saturated rings. The van der Waals surface area contributed by atoms with Gasteiger partial charge in [-0.15, -0.1) is 4.40 Å². The number of benzene rings is 2. The van der Waals surface area contributed by atoms with E-state index in [0.717, 1.165) is 4.31 Å². The molecule has 1 N–H and O–H groups in total. The zero-order chi connectivity index (χ0) is 20.5. The van der Waals surface area contributed by atoms with Crippen molar-refractivity contribution >= 4 is 33.3 Å². The van der Waals surface area contributed by atoms with Gasteiger partial charge in [-0.2, -0.15) is 8.42 Å². The van der Waals surface area contributed by atoms with Crippen LogP contribution in [-0.4, -0.2) is 37.2 Å². The van der Waals surface area contributed by atoms with Crippen molar-refractivity contribution in [2.45, 2.75) is 6.92 Å². The van der Waals surface area contributed by atoms with Crippen molar-refractivity contribution in [2.24, 2.45) is 4.40 Å². The normalized spacial score (nSPS) is 15.5. The summed E-state index contributed by atoms with van der Waals surface area (Å²) in [7, 11) is -2.91. The van der Waals surface area contributed by atoms with Crippen LogP contribution in [0.15, 0.2) is 64.7 Å². The summed E-state index contributed by atoms with van der Waals surface area (Å²) >= 11 is 0. The van der Waals surface area contributed by atoms with Gasteiger partial charge in [0.25, 0.3) is 5.91 Å². The van der Waals surface area contributed by atoms with Crippen LogP contribution in [0.1, 0.15) is 22.8 Å². The lowest BCUT2D eigenvalue weighted by Crippen LogP contribution is -2.35. The van der Waals surface area contributed by atoms with Gasteiger partial charge in [0.1, 0.15) is 11.5 Å². The van der Waals surface area contributed by atoms with Gasteiger partial charge < -0.3 is 5.32 Å². The number of anilines is 1. The molecule has 0 aromatic heterocycles. The third-order valence-electron chi connectivity index (χ3n) is 4.09. The Hall–Kier alpha value is -3.33. The monoisotopic (exact) mass is 401 g/mol. The molecule has 1 aliphatic heterocycles. The highest BCUT2D eigenvalue weighted by atomic mass is 32.2. The van der Waals surface area contributed by atoms with Crippen LogP contribution in [0.2, 0.25) is 0 Å². The molecule has 0 unspecified atom stereocenters. The Morgan fingerprint density at radius 1 is 1.04 bits per heavy atom. The maximum atomic E-state index is 13.1. The smallest absolute Gasteiger partial charge is 0.321 e. The molecule has 1 amide bonds. The first-order valence-corrected chi connectivity index (χ1v) is 9.56. The summed E-state index contributed by atoms with van der Waals surface area (Å²) in [5.41, 5.74) is 1.11. The van der Waals surface area contributed by atoms with Crippen molar-refractivity contribution in [2.75, 3.05) is 12.4 Å². The van der Waals surface area contributed by atoms with E-state index in [0.29, 0.717) is 16.8 Å². The standard InChI is InChI=1S/C19H16FN3O4S/c1-12(24)13-5-9-16(10-6-13)21-19(25)18-11-17(22-28(26,27)23(18)2)14-3-7-15(20)8-4-14/h3-11H,1-2H3,(H,21,25). The summed E-state index contributed by atoms with van der Waals surface area (Å²) < 4.78 is 42.2. The number of hydrogen-bond acceptors (Lipinski definition) is 4. The van der Waals surface area contributed by atoms with E-state index in [1.165, 1.54) is 44.3 Å². The number of hydrogen-bond donors (Lipinski definition) is 1. The molecular formula is C19H16FN3O4S. The van der Waals surface area contributed by atoms with Crippen molar-refractivity contribution in [1.82, 2.24) is 4.31 Å². The second kappa shape index (κ2) is 7.35. The quantitative estimate of drug-likeness (QED) is 0.797. The number of amides is 1. The zero-order valence-electron chi connectivity index (χ0n) is 15.0. The molecule has 9 heteroatoms. The fraction of sp³-hybridized carbons (Fsp3) is 0.105. The van der Waals surface area contributed by atoms with Gasteiger partial charge in [0.05, 0.1) is 5.71 Å². The molecule has 0 spiro atoms. The van der Waals surface area contributed by atoms with E-state index < -0.39 is 21.9 Å². The molecule has 144 valence electrons. The molecule has 2 aromatic rings. The van der Waals surface area contributed by atoms with E-state index in [9.17, 15) is 22.4 Å². The lowest BCUT2D eigenvalue weighted by molar-refractivity contribution is -0.113. The maximum absolute atomic E-state index is 13.1. The van der Waals surface area contributed by atoms with Crippen LogP contribution in [0.5, 0.6) is 0 Å². The van der Waals surface area contributed by atoms with Crippen LogP contribution in [0.3, 0.4) is 0 Å². The molecule has 0 atom stereocenters. The number of nitrogens with zero attached hydrogens (tertiary/aromatic N) is 2. The lowest BCUT2D eigenvalue weighted by Gasteiger charge is -2.23. The topological polar surface area (TPSA) is 95.9 Å². The predicted molar refractivity (Wildman–Crippen MR) is 103 cm³/mol. The zero-order valence-corrected chi connectivity index (χ0v) is 15.8. The Balaban J connectivity index is 1.91. The van der Waals surface area contributed by atoms with Crippen LogP contribution >= 0.6 is 0 Å². The number of ketones is 1. The third-order valence-corrected chi connectivity index (χ3v) is 5.41. The number of carbonyl (C=O) groups excluding carboxylic acids is 2. The Morgan fingerprint density at radius 3 is 2.21 bits per heavy atom. The highest BCUT2D eigenvalue weighted by Crippen LogP contribution is 2.21. The van der Waals surface area contributed by atoms with E-state index in [1.807, 2.05) is 0 Å². The van der Waals surface area contributed by atoms with Gasteiger partial charge in [-0.1, -0.05) is 0 Å². The molecule has 0 bridgehead atoms. The van der Waals surface area contributed by atoms with Gasteiger partial charge in [0.15, 0.2) is 5.78 Å². The highest BCUT2D eigenvalue weighted by molar-refractivity contribution is 7.88. The minimum atomic E-state index is -4.12. The average molecular weight is 401 g/mol. The molecule has 0 saturated heterocycles. The average Bonchev–Trinajstić information content (AvgIpc) is 2.64. The SMILES string of the molecule is CC(=O)c1ccc(NC(=O)C2=CC(c3ccc(F)cc3)=NS(=O)(=O)N2C)cc1. The van der Waals surface area contributed by atoms with Gasteiger partial charge in [-0.3, -0.25) is 9.59 Å². The van der Waals surface area contributed by atoms with Crippen molar-refractivity contribution in [1.29, 1.82) is 0 Å². The van der Waals surface area contributed by atoms with Crippen LogP contribution < -0.4 is 5.32 Å². The van der Waals surface area contributed by atoms with Gasteiger partial charge in [0.2, 0.25) is 0 Å². The number of likely N-dealkylation sites (N-methyl/N-ethyl adjacent to an activating group) is 1. The first kappa shape index (κ1) is 19.4. The Kier molecular flexibility index (Phi) is 5.10. The molecule has 7 nitrogen and oxygen atoms in total. The Morgan fingerprint density at radius 2 is 1.64 bits per heavy atom. The molecule has 3 rings (SSSR count). The minimum absolute atomic E-state index is 0.0233. The first-order valence-electron chi connectivity index (χ1n) is 8.16. The minimum Gasteiger partial charge on any atom is -0.321 e.